The molecule has 16 heavy (non-hydrogen) atoms. The maximum atomic E-state index is 13.1. The molecule has 1 saturated heterocycles. The maximum Gasteiger partial charge on any atom is 0.350 e. The second kappa shape index (κ2) is 3.97. The number of aromatic hydroxyl groups is 1. The molecule has 0 atom stereocenters. The standard InChI is InChI=1S/C8H10FN3O4/c9-5-6(13)10-8(15)12(7(5)14)11-1-3-16-4-2-11/h14H,1-4H2,(H,10,13,15). The van der Waals surface area contributed by atoms with Crippen LogP contribution in [-0.4, -0.2) is 41.1 Å². The average Bonchev–Trinajstić information content (AvgIpc) is 2.28. The van der Waals surface area contributed by atoms with Gasteiger partial charge in [0, 0.05) is 0 Å². The van der Waals surface area contributed by atoms with Crippen molar-refractivity contribution in [3.63, 3.8) is 0 Å². The summed E-state index contributed by atoms with van der Waals surface area (Å²) in [5.74, 6) is -2.35. The fourth-order valence-electron chi connectivity index (χ4n) is 1.51. The molecule has 0 saturated carbocycles. The molecule has 2 heterocycles. The van der Waals surface area contributed by atoms with Crippen LogP contribution >= 0.6 is 0 Å². The van der Waals surface area contributed by atoms with Gasteiger partial charge in [0.25, 0.3) is 11.4 Å². The Kier molecular flexibility index (Phi) is 2.65. The Morgan fingerprint density at radius 2 is 1.94 bits per heavy atom. The van der Waals surface area contributed by atoms with Crippen molar-refractivity contribution < 1.29 is 14.2 Å². The maximum absolute atomic E-state index is 13.1. The highest BCUT2D eigenvalue weighted by Crippen LogP contribution is 2.08. The Morgan fingerprint density at radius 1 is 1.31 bits per heavy atom. The van der Waals surface area contributed by atoms with Gasteiger partial charge < -0.3 is 14.9 Å². The van der Waals surface area contributed by atoms with Gasteiger partial charge >= 0.3 is 5.69 Å². The van der Waals surface area contributed by atoms with Crippen molar-refractivity contribution in [1.29, 1.82) is 0 Å². The van der Waals surface area contributed by atoms with E-state index in [1.54, 1.807) is 4.98 Å². The third kappa shape index (κ3) is 1.67. The first-order chi connectivity index (χ1) is 7.61. The van der Waals surface area contributed by atoms with E-state index in [2.05, 4.69) is 0 Å². The van der Waals surface area contributed by atoms with Gasteiger partial charge in [0.1, 0.15) is 0 Å². The van der Waals surface area contributed by atoms with Crippen LogP contribution in [-0.2, 0) is 4.74 Å². The minimum absolute atomic E-state index is 0.332. The number of nitrogens with one attached hydrogen (secondary N) is 1. The number of ether oxygens (including phenoxy) is 1. The van der Waals surface area contributed by atoms with Gasteiger partial charge in [-0.1, -0.05) is 0 Å². The molecule has 0 aliphatic carbocycles. The van der Waals surface area contributed by atoms with Crippen LogP contribution in [0.3, 0.4) is 0 Å². The molecule has 88 valence electrons. The Morgan fingerprint density at radius 3 is 2.56 bits per heavy atom. The van der Waals surface area contributed by atoms with Crippen molar-refractivity contribution in [2.45, 2.75) is 0 Å². The van der Waals surface area contributed by atoms with Gasteiger partial charge in [0.05, 0.1) is 26.3 Å². The van der Waals surface area contributed by atoms with Gasteiger partial charge in [0.15, 0.2) is 0 Å². The molecule has 8 heteroatoms. The van der Waals surface area contributed by atoms with Gasteiger partial charge in [-0.2, -0.15) is 9.07 Å². The predicted molar refractivity (Wildman–Crippen MR) is 51.7 cm³/mol. The summed E-state index contributed by atoms with van der Waals surface area (Å²) >= 11 is 0. The lowest BCUT2D eigenvalue weighted by molar-refractivity contribution is 0.108. The van der Waals surface area contributed by atoms with Crippen LogP contribution in [0, 0.1) is 5.82 Å². The van der Waals surface area contributed by atoms with Gasteiger partial charge in [-0.15, -0.1) is 0 Å². The summed E-state index contributed by atoms with van der Waals surface area (Å²) in [5.41, 5.74) is -2.10. The molecule has 2 rings (SSSR count). The quantitative estimate of drug-likeness (QED) is 0.604. The summed E-state index contributed by atoms with van der Waals surface area (Å²) in [6, 6.07) is 0. The molecular weight excluding hydrogens is 221 g/mol. The van der Waals surface area contributed by atoms with E-state index in [1.807, 2.05) is 0 Å². The fourth-order valence-corrected chi connectivity index (χ4v) is 1.51. The summed E-state index contributed by atoms with van der Waals surface area (Å²) in [6.07, 6.45) is 0. The number of aromatic nitrogens is 2. The first kappa shape index (κ1) is 10.7. The number of H-pyrrole nitrogens is 1. The van der Waals surface area contributed by atoms with E-state index in [0.29, 0.717) is 31.0 Å². The van der Waals surface area contributed by atoms with E-state index in [0.717, 1.165) is 0 Å². The fraction of sp³-hybridized carbons (Fsp3) is 0.500. The lowest BCUT2D eigenvalue weighted by atomic mass is 10.5. The zero-order chi connectivity index (χ0) is 11.7. The third-order valence-electron chi connectivity index (χ3n) is 2.28. The Hall–Kier alpha value is -1.83. The number of morpholine rings is 1. The van der Waals surface area contributed by atoms with Crippen molar-refractivity contribution in [2.24, 2.45) is 0 Å². The third-order valence-corrected chi connectivity index (χ3v) is 2.28. The number of nitrogens with zero attached hydrogens (tertiary/aromatic N) is 2. The van der Waals surface area contributed by atoms with Crippen LogP contribution in [0.5, 0.6) is 5.88 Å². The normalized spacial score (nSPS) is 16.4. The molecule has 0 amide bonds. The molecule has 2 N–H and O–H groups in total. The Labute approximate surface area is 88.7 Å². The molecule has 0 bridgehead atoms. The molecule has 0 radical (unpaired) electrons. The number of aromatic amines is 1. The molecule has 1 aromatic rings. The van der Waals surface area contributed by atoms with Gasteiger partial charge in [0.2, 0.25) is 5.82 Å². The van der Waals surface area contributed by atoms with Crippen LogP contribution < -0.4 is 16.3 Å². The summed E-state index contributed by atoms with van der Waals surface area (Å²) in [4.78, 5) is 24.0. The number of hydrogen-bond donors (Lipinski definition) is 2. The molecule has 1 aliphatic heterocycles. The summed E-state index contributed by atoms with van der Waals surface area (Å²) < 4.78 is 18.9. The highest BCUT2D eigenvalue weighted by molar-refractivity contribution is 5.13. The second-order valence-corrected chi connectivity index (χ2v) is 3.27. The molecule has 0 unspecified atom stereocenters. The minimum atomic E-state index is -1.37. The molecule has 1 aromatic heterocycles. The second-order valence-electron chi connectivity index (χ2n) is 3.27. The SMILES string of the molecule is O=c1[nH]c(=O)n(N2CCOCC2)c(O)c1F. The predicted octanol–water partition coefficient (Wildman–Crippen LogP) is -1.65. The number of hydrogen-bond acceptors (Lipinski definition) is 5. The highest BCUT2D eigenvalue weighted by atomic mass is 19.1. The van der Waals surface area contributed by atoms with Crippen molar-refractivity contribution in [2.75, 3.05) is 31.3 Å². The molecule has 0 spiro atoms. The van der Waals surface area contributed by atoms with E-state index in [1.165, 1.54) is 5.01 Å². The highest BCUT2D eigenvalue weighted by Gasteiger charge is 2.20. The summed E-state index contributed by atoms with van der Waals surface area (Å²) in [5, 5.41) is 10.8. The molecular formula is C8H10FN3O4. The monoisotopic (exact) mass is 231 g/mol. The molecule has 1 fully saturated rings. The summed E-state index contributed by atoms with van der Waals surface area (Å²) in [6.45, 7) is 1.40. The van der Waals surface area contributed by atoms with Crippen molar-refractivity contribution in [3.05, 3.63) is 26.7 Å². The van der Waals surface area contributed by atoms with E-state index >= 15 is 0 Å². The first-order valence-corrected chi connectivity index (χ1v) is 4.68. The van der Waals surface area contributed by atoms with Gasteiger partial charge in [-0.05, 0) is 0 Å². The Bertz CT molecular complexity index is 503. The minimum Gasteiger partial charge on any atom is -0.491 e. The van der Waals surface area contributed by atoms with Crippen LogP contribution in [0.4, 0.5) is 4.39 Å². The van der Waals surface area contributed by atoms with E-state index in [4.69, 9.17) is 4.74 Å². The van der Waals surface area contributed by atoms with Gasteiger partial charge in [-0.25, -0.2) is 4.79 Å². The number of rotatable bonds is 1. The average molecular weight is 231 g/mol. The lowest BCUT2D eigenvalue weighted by Crippen LogP contribution is -2.50. The van der Waals surface area contributed by atoms with E-state index in [-0.39, 0.29) is 0 Å². The first-order valence-electron chi connectivity index (χ1n) is 4.68. The van der Waals surface area contributed by atoms with Crippen LogP contribution in [0.2, 0.25) is 0 Å². The van der Waals surface area contributed by atoms with Gasteiger partial charge in [-0.3, -0.25) is 9.78 Å². The molecule has 1 aliphatic rings. The summed E-state index contributed by atoms with van der Waals surface area (Å²) in [7, 11) is 0. The van der Waals surface area contributed by atoms with Crippen LogP contribution in [0.1, 0.15) is 0 Å². The zero-order valence-electron chi connectivity index (χ0n) is 8.27. The zero-order valence-corrected chi connectivity index (χ0v) is 8.27. The molecule has 7 nitrogen and oxygen atoms in total. The molecule has 0 aromatic carbocycles. The topological polar surface area (TPSA) is 87.6 Å². The van der Waals surface area contributed by atoms with Crippen molar-refractivity contribution in [1.82, 2.24) is 9.66 Å². The smallest absolute Gasteiger partial charge is 0.350 e. The van der Waals surface area contributed by atoms with E-state index < -0.39 is 22.9 Å². The van der Waals surface area contributed by atoms with E-state index in [9.17, 15) is 19.1 Å². The Balaban J connectivity index is 2.51. The largest absolute Gasteiger partial charge is 0.491 e. The van der Waals surface area contributed by atoms with Crippen molar-refractivity contribution in [3.8, 4) is 5.88 Å². The van der Waals surface area contributed by atoms with Crippen LogP contribution in [0.25, 0.3) is 0 Å². The number of halogens is 1. The van der Waals surface area contributed by atoms with Crippen LogP contribution in [0.15, 0.2) is 9.59 Å². The lowest BCUT2D eigenvalue weighted by Gasteiger charge is -2.29. The van der Waals surface area contributed by atoms with Crippen molar-refractivity contribution >= 4 is 0 Å².